The predicted octanol–water partition coefficient (Wildman–Crippen LogP) is 6.88. The number of piperidine rings is 1. The number of nitriles is 1. The van der Waals surface area contributed by atoms with Crippen molar-refractivity contribution in [3.63, 3.8) is 0 Å². The molecule has 2 aliphatic heterocycles. The number of fused-ring (bicyclic) bond motifs is 7. The fourth-order valence-electron chi connectivity index (χ4n) is 14.0. The molecule has 1 aromatic rings. The van der Waals surface area contributed by atoms with Gasteiger partial charge in [0.1, 0.15) is 6.07 Å². The van der Waals surface area contributed by atoms with E-state index in [1.165, 1.54) is 63.4 Å². The summed E-state index contributed by atoms with van der Waals surface area (Å²) in [6, 6.07) is 5.94. The molecule has 9 heteroatoms. The monoisotopic (exact) mass is 704 g/mol. The van der Waals surface area contributed by atoms with Gasteiger partial charge in [-0.25, -0.2) is 8.42 Å². The maximum absolute atomic E-state index is 11.9. The van der Waals surface area contributed by atoms with E-state index in [0.29, 0.717) is 70.2 Å². The third-order valence-electron chi connectivity index (χ3n) is 16.7. The maximum Gasteiger partial charge on any atom is 0.163 e. The highest BCUT2D eigenvalue weighted by atomic mass is 32.2. The van der Waals surface area contributed by atoms with Crippen LogP contribution < -0.4 is 10.2 Å². The molecule has 0 amide bonds. The normalized spacial score (nSPS) is 42.0. The predicted molar refractivity (Wildman–Crippen MR) is 201 cm³/mol. The van der Waals surface area contributed by atoms with Crippen molar-refractivity contribution < 1.29 is 8.42 Å². The minimum atomic E-state index is -2.82. The van der Waals surface area contributed by atoms with Gasteiger partial charge in [0.15, 0.2) is 21.3 Å². The molecular formula is C41H64N6O2S. The second-order valence-corrected chi connectivity index (χ2v) is 21.3. The zero-order valence-corrected chi connectivity index (χ0v) is 32.8. The van der Waals surface area contributed by atoms with Crippen molar-refractivity contribution in [2.45, 2.75) is 111 Å². The SMILES string of the molecule is C=C(C)C1CC[C@]2(CNCCCN3CCS(=O)(=O)CC3)CC[C@]3(C)C(CCC4[C@@]5(C)CCN(c6ccc(C#N)nn6)C(C)(C)[C@@H]5CC[C@]43C)[C@@H]12. The van der Waals surface area contributed by atoms with Crippen molar-refractivity contribution in [3.05, 3.63) is 30.0 Å². The number of hydrogen-bond acceptors (Lipinski definition) is 8. The molecular weight excluding hydrogens is 641 g/mol. The van der Waals surface area contributed by atoms with Crippen LogP contribution in [-0.2, 0) is 9.84 Å². The standard InChI is InChI=1S/C41H64N6O2S/c1-29(2)31-13-16-41(28-43-20-8-21-46-23-25-50(48,49)26-24-46)18-17-39(6)32(36(31)41)10-11-34-38(5)19-22-47(35-12-9-30(27-42)44-45-35)37(3,4)33(38)14-15-40(34,39)7/h9,12,31-34,36,43H,1,8,10-11,13-26,28H2,2-7H3/t31?,32?,33-,34?,36+,38-,39+,40+,41+/m0/s1. The van der Waals surface area contributed by atoms with Gasteiger partial charge in [0.25, 0.3) is 0 Å². The van der Waals surface area contributed by atoms with E-state index in [1.54, 1.807) is 0 Å². The Labute approximate surface area is 303 Å². The van der Waals surface area contributed by atoms with Crippen molar-refractivity contribution in [1.29, 1.82) is 5.26 Å². The summed E-state index contributed by atoms with van der Waals surface area (Å²) in [4.78, 5) is 4.83. The minimum Gasteiger partial charge on any atom is -0.350 e. The molecule has 7 rings (SSSR count). The Kier molecular flexibility index (Phi) is 9.33. The highest BCUT2D eigenvalue weighted by molar-refractivity contribution is 7.91. The third kappa shape index (κ3) is 5.68. The second-order valence-electron chi connectivity index (χ2n) is 19.0. The molecule has 9 atom stereocenters. The first-order valence-electron chi connectivity index (χ1n) is 19.9. The average molecular weight is 705 g/mol. The van der Waals surface area contributed by atoms with E-state index in [1.807, 2.05) is 12.1 Å². The Morgan fingerprint density at radius 2 is 1.70 bits per heavy atom. The topological polar surface area (TPSA) is 102 Å². The smallest absolute Gasteiger partial charge is 0.163 e. The van der Waals surface area contributed by atoms with E-state index in [0.717, 1.165) is 44.3 Å². The van der Waals surface area contributed by atoms with E-state index >= 15 is 0 Å². The maximum atomic E-state index is 11.9. The van der Waals surface area contributed by atoms with E-state index < -0.39 is 9.84 Å². The fraction of sp³-hybridized carbons (Fsp3) is 0.829. The molecule has 1 aromatic heterocycles. The van der Waals surface area contributed by atoms with Crippen LogP contribution in [0, 0.1) is 62.6 Å². The number of rotatable bonds is 8. The molecule has 1 N–H and O–H groups in total. The third-order valence-corrected chi connectivity index (χ3v) is 18.3. The molecule has 0 aromatic carbocycles. The van der Waals surface area contributed by atoms with Gasteiger partial charge >= 0.3 is 0 Å². The first-order valence-corrected chi connectivity index (χ1v) is 21.7. The largest absolute Gasteiger partial charge is 0.350 e. The molecule has 276 valence electrons. The second kappa shape index (κ2) is 12.8. The molecule has 0 bridgehead atoms. The number of nitrogens with zero attached hydrogens (tertiary/aromatic N) is 5. The number of allylic oxidation sites excluding steroid dienone is 1. The summed E-state index contributed by atoms with van der Waals surface area (Å²) in [5.74, 6) is 4.90. The average Bonchev–Trinajstić information content (AvgIpc) is 3.46. The van der Waals surface area contributed by atoms with E-state index in [9.17, 15) is 13.7 Å². The van der Waals surface area contributed by atoms with Crippen LogP contribution in [0.4, 0.5) is 5.82 Å². The summed E-state index contributed by atoms with van der Waals surface area (Å²) in [5, 5.41) is 22.0. The van der Waals surface area contributed by atoms with Gasteiger partial charge in [-0.05, 0) is 161 Å². The van der Waals surface area contributed by atoms with E-state index in [4.69, 9.17) is 0 Å². The lowest BCUT2D eigenvalue weighted by atomic mass is 9.33. The Morgan fingerprint density at radius 3 is 2.38 bits per heavy atom. The molecule has 0 radical (unpaired) electrons. The first-order chi connectivity index (χ1) is 23.6. The van der Waals surface area contributed by atoms with Gasteiger partial charge in [-0.3, -0.25) is 0 Å². The summed E-state index contributed by atoms with van der Waals surface area (Å²) in [6.45, 7) is 25.4. The zero-order chi connectivity index (χ0) is 35.7. The van der Waals surface area contributed by atoms with E-state index in [-0.39, 0.29) is 11.0 Å². The lowest BCUT2D eigenvalue weighted by Crippen LogP contribution is -2.70. The van der Waals surface area contributed by atoms with Crippen molar-refractivity contribution >= 4 is 15.7 Å². The highest BCUT2D eigenvalue weighted by Gasteiger charge is 2.70. The van der Waals surface area contributed by atoms with Crippen LogP contribution in [0.3, 0.4) is 0 Å². The number of sulfone groups is 1. The number of nitrogens with one attached hydrogen (secondary N) is 1. The Hall–Kier alpha value is -2.02. The van der Waals surface area contributed by atoms with Gasteiger partial charge in [0, 0.05) is 31.7 Å². The minimum absolute atomic E-state index is 0.0372. The lowest BCUT2D eigenvalue weighted by molar-refractivity contribution is -0.227. The molecule has 3 unspecified atom stereocenters. The Morgan fingerprint density at radius 1 is 0.940 bits per heavy atom. The van der Waals surface area contributed by atoms with Crippen molar-refractivity contribution in [1.82, 2.24) is 20.4 Å². The molecule has 50 heavy (non-hydrogen) atoms. The zero-order valence-electron chi connectivity index (χ0n) is 31.9. The quantitative estimate of drug-likeness (QED) is 0.231. The molecule has 6 aliphatic rings. The Bertz CT molecular complexity index is 1590. The summed E-state index contributed by atoms with van der Waals surface area (Å²) in [5.41, 5.74) is 3.02. The summed E-state index contributed by atoms with van der Waals surface area (Å²) >= 11 is 0. The lowest BCUT2D eigenvalue weighted by Gasteiger charge is -2.73. The number of hydrogen-bond donors (Lipinski definition) is 1. The molecule has 2 saturated heterocycles. The fourth-order valence-corrected chi connectivity index (χ4v) is 15.2. The van der Waals surface area contributed by atoms with Crippen LogP contribution >= 0.6 is 0 Å². The van der Waals surface area contributed by atoms with Crippen molar-refractivity contribution in [3.8, 4) is 6.07 Å². The van der Waals surface area contributed by atoms with Crippen LogP contribution in [0.5, 0.6) is 0 Å². The van der Waals surface area contributed by atoms with Gasteiger partial charge in [0.2, 0.25) is 0 Å². The summed E-state index contributed by atoms with van der Waals surface area (Å²) in [7, 11) is -2.82. The Balaban J connectivity index is 1.08. The summed E-state index contributed by atoms with van der Waals surface area (Å²) < 4.78 is 23.7. The highest BCUT2D eigenvalue weighted by Crippen LogP contribution is 2.76. The van der Waals surface area contributed by atoms with Gasteiger partial charge in [-0.1, -0.05) is 32.9 Å². The summed E-state index contributed by atoms with van der Waals surface area (Å²) in [6.07, 6.45) is 12.8. The molecule has 4 aliphatic carbocycles. The van der Waals surface area contributed by atoms with Crippen LogP contribution in [0.1, 0.15) is 111 Å². The molecule has 0 spiro atoms. The van der Waals surface area contributed by atoms with Crippen LogP contribution in [0.15, 0.2) is 24.3 Å². The number of aromatic nitrogens is 2. The molecule has 6 fully saturated rings. The van der Waals surface area contributed by atoms with Gasteiger partial charge in [-0.15, -0.1) is 10.2 Å². The van der Waals surface area contributed by atoms with Gasteiger partial charge in [0.05, 0.1) is 11.5 Å². The van der Waals surface area contributed by atoms with Crippen molar-refractivity contribution in [2.24, 2.45) is 51.2 Å². The van der Waals surface area contributed by atoms with Crippen molar-refractivity contribution in [2.75, 3.05) is 55.7 Å². The first kappa shape index (κ1) is 36.3. The number of anilines is 1. The molecule has 8 nitrogen and oxygen atoms in total. The van der Waals surface area contributed by atoms with Gasteiger partial charge in [-0.2, -0.15) is 5.26 Å². The van der Waals surface area contributed by atoms with Crippen LogP contribution in [0.25, 0.3) is 0 Å². The van der Waals surface area contributed by atoms with Crippen LogP contribution in [0.2, 0.25) is 0 Å². The van der Waals surface area contributed by atoms with E-state index in [2.05, 4.69) is 79.5 Å². The van der Waals surface area contributed by atoms with Gasteiger partial charge < -0.3 is 15.1 Å². The van der Waals surface area contributed by atoms with Crippen LogP contribution in [-0.4, -0.2) is 79.8 Å². The molecule has 4 saturated carbocycles. The molecule has 3 heterocycles.